The van der Waals surface area contributed by atoms with E-state index in [-0.39, 0.29) is 22.9 Å². The number of likely N-dealkylation sites (tertiary alicyclic amines) is 1. The zero-order valence-corrected chi connectivity index (χ0v) is 12.3. The maximum atomic E-state index is 14.0. The van der Waals surface area contributed by atoms with Crippen LogP contribution in [-0.4, -0.2) is 30.6 Å². The Balaban J connectivity index is 2.08. The SMILES string of the molecule is COC(=O)CC1CCCCN1Cc1cccc(Cl)c1F. The number of rotatable bonds is 4. The smallest absolute Gasteiger partial charge is 0.307 e. The molecule has 1 atom stereocenters. The highest BCUT2D eigenvalue weighted by molar-refractivity contribution is 6.30. The monoisotopic (exact) mass is 299 g/mol. The summed E-state index contributed by atoms with van der Waals surface area (Å²) in [5.41, 5.74) is 0.578. The first kappa shape index (κ1) is 15.3. The quantitative estimate of drug-likeness (QED) is 0.798. The number of benzene rings is 1. The second-order valence-corrected chi connectivity index (χ2v) is 5.52. The predicted octanol–water partition coefficient (Wildman–Crippen LogP) is 3.40. The average molecular weight is 300 g/mol. The number of piperidine rings is 1. The highest BCUT2D eigenvalue weighted by atomic mass is 35.5. The lowest BCUT2D eigenvalue weighted by Gasteiger charge is -2.35. The van der Waals surface area contributed by atoms with Crippen molar-refractivity contribution < 1.29 is 13.9 Å². The molecule has 2 rings (SSSR count). The van der Waals surface area contributed by atoms with Gasteiger partial charge in [-0.05, 0) is 25.5 Å². The minimum absolute atomic E-state index is 0.120. The number of hydrogen-bond acceptors (Lipinski definition) is 3. The number of ether oxygens (including phenoxy) is 1. The van der Waals surface area contributed by atoms with Gasteiger partial charge in [-0.1, -0.05) is 30.2 Å². The summed E-state index contributed by atoms with van der Waals surface area (Å²) in [7, 11) is 1.39. The molecule has 20 heavy (non-hydrogen) atoms. The predicted molar refractivity (Wildman–Crippen MR) is 76.1 cm³/mol. The maximum Gasteiger partial charge on any atom is 0.307 e. The second-order valence-electron chi connectivity index (χ2n) is 5.11. The Bertz CT molecular complexity index is 481. The van der Waals surface area contributed by atoms with E-state index in [4.69, 9.17) is 16.3 Å². The Kier molecular flexibility index (Phi) is 5.38. The Morgan fingerprint density at radius 2 is 2.30 bits per heavy atom. The molecular weight excluding hydrogens is 281 g/mol. The highest BCUT2D eigenvalue weighted by Crippen LogP contribution is 2.25. The van der Waals surface area contributed by atoms with E-state index < -0.39 is 0 Å². The number of hydrogen-bond donors (Lipinski definition) is 0. The van der Waals surface area contributed by atoms with E-state index in [1.807, 2.05) is 0 Å². The lowest BCUT2D eigenvalue weighted by molar-refractivity contribution is -0.142. The summed E-state index contributed by atoms with van der Waals surface area (Å²) < 4.78 is 18.7. The van der Waals surface area contributed by atoms with Crippen LogP contribution < -0.4 is 0 Å². The van der Waals surface area contributed by atoms with Crippen LogP contribution in [0.5, 0.6) is 0 Å². The zero-order valence-electron chi connectivity index (χ0n) is 11.6. The summed E-state index contributed by atoms with van der Waals surface area (Å²) in [4.78, 5) is 13.6. The van der Waals surface area contributed by atoms with E-state index in [0.29, 0.717) is 18.5 Å². The van der Waals surface area contributed by atoms with Crippen LogP contribution >= 0.6 is 11.6 Å². The Hall–Kier alpha value is -1.13. The summed E-state index contributed by atoms with van der Waals surface area (Å²) in [6, 6.07) is 5.16. The Morgan fingerprint density at radius 1 is 1.50 bits per heavy atom. The fourth-order valence-electron chi connectivity index (χ4n) is 2.66. The normalized spacial score (nSPS) is 19.9. The van der Waals surface area contributed by atoms with Gasteiger partial charge in [-0.25, -0.2) is 4.39 Å². The van der Waals surface area contributed by atoms with E-state index in [9.17, 15) is 9.18 Å². The highest BCUT2D eigenvalue weighted by Gasteiger charge is 2.26. The third-order valence-electron chi connectivity index (χ3n) is 3.78. The number of carbonyl (C=O) groups is 1. The molecule has 1 fully saturated rings. The third kappa shape index (κ3) is 3.70. The number of nitrogens with zero attached hydrogens (tertiary/aromatic N) is 1. The number of methoxy groups -OCH3 is 1. The maximum absolute atomic E-state index is 14.0. The molecule has 1 unspecified atom stereocenters. The lowest BCUT2D eigenvalue weighted by atomic mass is 9.98. The summed E-state index contributed by atoms with van der Waals surface area (Å²) in [5, 5.41) is 0.143. The second kappa shape index (κ2) is 7.04. The average Bonchev–Trinajstić information content (AvgIpc) is 2.45. The molecule has 0 bridgehead atoms. The van der Waals surface area contributed by atoms with Crippen molar-refractivity contribution in [2.75, 3.05) is 13.7 Å². The van der Waals surface area contributed by atoms with Crippen LogP contribution in [0.25, 0.3) is 0 Å². The van der Waals surface area contributed by atoms with Crippen LogP contribution in [0.15, 0.2) is 18.2 Å². The van der Waals surface area contributed by atoms with Crippen molar-refractivity contribution in [3.05, 3.63) is 34.6 Å². The van der Waals surface area contributed by atoms with E-state index in [2.05, 4.69) is 4.90 Å². The van der Waals surface area contributed by atoms with Gasteiger partial charge in [0.05, 0.1) is 18.6 Å². The first-order valence-electron chi connectivity index (χ1n) is 6.85. The van der Waals surface area contributed by atoms with Crippen LogP contribution in [0.1, 0.15) is 31.2 Å². The summed E-state index contributed by atoms with van der Waals surface area (Å²) in [6.45, 7) is 1.35. The molecule has 1 aromatic rings. The van der Waals surface area contributed by atoms with Crippen molar-refractivity contribution >= 4 is 17.6 Å². The minimum atomic E-state index is -0.364. The summed E-state index contributed by atoms with van der Waals surface area (Å²) >= 11 is 5.81. The third-order valence-corrected chi connectivity index (χ3v) is 4.08. The largest absolute Gasteiger partial charge is 0.469 e. The first-order chi connectivity index (χ1) is 9.61. The van der Waals surface area contributed by atoms with Crippen molar-refractivity contribution in [1.82, 2.24) is 4.90 Å². The molecule has 1 aromatic carbocycles. The van der Waals surface area contributed by atoms with Gasteiger partial charge in [0.2, 0.25) is 0 Å². The minimum Gasteiger partial charge on any atom is -0.469 e. The van der Waals surface area contributed by atoms with Gasteiger partial charge in [0.25, 0.3) is 0 Å². The molecule has 0 radical (unpaired) electrons. The number of halogens is 2. The van der Waals surface area contributed by atoms with Crippen molar-refractivity contribution in [2.24, 2.45) is 0 Å². The van der Waals surface area contributed by atoms with Crippen LogP contribution in [0, 0.1) is 5.82 Å². The molecular formula is C15H19ClFNO2. The van der Waals surface area contributed by atoms with Gasteiger partial charge in [0.15, 0.2) is 0 Å². The van der Waals surface area contributed by atoms with Gasteiger partial charge in [0.1, 0.15) is 5.82 Å². The molecule has 3 nitrogen and oxygen atoms in total. The van der Waals surface area contributed by atoms with Crippen LogP contribution in [0.4, 0.5) is 4.39 Å². The van der Waals surface area contributed by atoms with Crippen molar-refractivity contribution in [1.29, 1.82) is 0 Å². The molecule has 0 spiro atoms. The fraction of sp³-hybridized carbons (Fsp3) is 0.533. The van der Waals surface area contributed by atoms with Gasteiger partial charge in [-0.2, -0.15) is 0 Å². The van der Waals surface area contributed by atoms with Crippen molar-refractivity contribution in [2.45, 2.75) is 38.3 Å². The molecule has 1 saturated heterocycles. The summed E-state index contributed by atoms with van der Waals surface area (Å²) in [5.74, 6) is -0.579. The van der Waals surface area contributed by atoms with Gasteiger partial charge in [-0.3, -0.25) is 9.69 Å². The topological polar surface area (TPSA) is 29.5 Å². The van der Waals surface area contributed by atoms with E-state index in [1.165, 1.54) is 7.11 Å². The van der Waals surface area contributed by atoms with Gasteiger partial charge >= 0.3 is 5.97 Å². The van der Waals surface area contributed by atoms with Gasteiger partial charge in [-0.15, -0.1) is 0 Å². The molecule has 0 aromatic heterocycles. The lowest BCUT2D eigenvalue weighted by Crippen LogP contribution is -2.40. The number of esters is 1. The van der Waals surface area contributed by atoms with Gasteiger partial charge in [0, 0.05) is 18.2 Å². The molecule has 0 aliphatic carbocycles. The van der Waals surface area contributed by atoms with E-state index >= 15 is 0 Å². The molecule has 110 valence electrons. The zero-order chi connectivity index (χ0) is 14.5. The Labute approximate surface area is 123 Å². The first-order valence-corrected chi connectivity index (χ1v) is 7.23. The molecule has 1 aliphatic rings. The van der Waals surface area contributed by atoms with Crippen molar-refractivity contribution in [3.8, 4) is 0 Å². The molecule has 0 saturated carbocycles. The molecule has 1 aliphatic heterocycles. The summed E-state index contributed by atoms with van der Waals surface area (Å²) in [6.07, 6.45) is 3.46. The number of carbonyl (C=O) groups excluding carboxylic acids is 1. The fourth-order valence-corrected chi connectivity index (χ4v) is 2.86. The Morgan fingerprint density at radius 3 is 3.05 bits per heavy atom. The van der Waals surface area contributed by atoms with Crippen LogP contribution in [0.2, 0.25) is 5.02 Å². The molecule has 1 heterocycles. The van der Waals surface area contributed by atoms with E-state index in [0.717, 1.165) is 25.8 Å². The van der Waals surface area contributed by atoms with Gasteiger partial charge < -0.3 is 4.74 Å². The molecule has 0 amide bonds. The van der Waals surface area contributed by atoms with Crippen LogP contribution in [-0.2, 0) is 16.1 Å². The van der Waals surface area contributed by atoms with Crippen LogP contribution in [0.3, 0.4) is 0 Å². The molecule has 0 N–H and O–H groups in total. The van der Waals surface area contributed by atoms with E-state index in [1.54, 1.807) is 18.2 Å². The standard InChI is InChI=1S/C15H19ClFNO2/c1-20-14(19)9-12-6-2-3-8-18(12)10-11-5-4-7-13(16)15(11)17/h4-5,7,12H,2-3,6,8-10H2,1H3. The molecule has 5 heteroatoms. The van der Waals surface area contributed by atoms with Crippen molar-refractivity contribution in [3.63, 3.8) is 0 Å².